The number of amides is 2. The molecule has 8 nitrogen and oxygen atoms in total. The van der Waals surface area contributed by atoms with Crippen LogP contribution < -0.4 is 15.5 Å². The maximum Gasteiger partial charge on any atom is 0.317 e. The molecule has 1 fully saturated rings. The van der Waals surface area contributed by atoms with Gasteiger partial charge in [-0.15, -0.1) is 5.10 Å². The fraction of sp³-hybridized carbons (Fsp3) is 0.560. The van der Waals surface area contributed by atoms with Gasteiger partial charge in [0, 0.05) is 43.8 Å². The molecule has 1 saturated heterocycles. The number of carbonyl (C=O) groups excluding carboxylic acids is 1. The van der Waals surface area contributed by atoms with Crippen LogP contribution in [0.25, 0.3) is 16.2 Å². The van der Waals surface area contributed by atoms with Crippen molar-refractivity contribution in [2.75, 3.05) is 42.9 Å². The second-order valence-electron chi connectivity index (χ2n) is 10.5. The van der Waals surface area contributed by atoms with Gasteiger partial charge in [0.05, 0.1) is 0 Å². The molecule has 1 aliphatic rings. The molecule has 9 heteroatoms. The van der Waals surface area contributed by atoms with E-state index in [2.05, 4.69) is 81.3 Å². The molecule has 2 aromatic heterocycles. The van der Waals surface area contributed by atoms with E-state index in [0.29, 0.717) is 19.0 Å². The van der Waals surface area contributed by atoms with E-state index in [4.69, 9.17) is 10.1 Å². The number of hydrogen-bond acceptors (Lipinski definition) is 6. The van der Waals surface area contributed by atoms with Gasteiger partial charge in [-0.3, -0.25) is 0 Å². The van der Waals surface area contributed by atoms with Crippen molar-refractivity contribution in [3.8, 4) is 11.3 Å². The van der Waals surface area contributed by atoms with E-state index < -0.39 is 0 Å². The Morgan fingerprint density at radius 3 is 2.56 bits per heavy atom. The molecular weight excluding hydrogens is 446 g/mol. The molecule has 0 aliphatic carbocycles. The molecule has 4 rings (SSSR count). The number of benzene rings is 1. The molecule has 2 N–H and O–H groups in total. The van der Waals surface area contributed by atoms with E-state index in [-0.39, 0.29) is 11.6 Å². The minimum atomic E-state index is -0.132. The highest BCUT2D eigenvalue weighted by Gasteiger charge is 2.26. The summed E-state index contributed by atoms with van der Waals surface area (Å²) in [5.74, 6) is 1.50. The fourth-order valence-corrected chi connectivity index (χ4v) is 4.96. The molecule has 1 aromatic carbocycles. The molecular formula is C25H37N7OS. The molecule has 0 bridgehead atoms. The number of piperazine rings is 1. The fourth-order valence-electron chi connectivity index (χ4n) is 4.01. The van der Waals surface area contributed by atoms with Crippen molar-refractivity contribution in [2.24, 2.45) is 5.92 Å². The molecule has 0 saturated carbocycles. The molecule has 34 heavy (non-hydrogen) atoms. The Morgan fingerprint density at radius 1 is 1.18 bits per heavy atom. The first-order valence-electron chi connectivity index (χ1n) is 12.1. The van der Waals surface area contributed by atoms with E-state index in [1.165, 1.54) is 5.56 Å². The predicted molar refractivity (Wildman–Crippen MR) is 141 cm³/mol. The van der Waals surface area contributed by atoms with Crippen molar-refractivity contribution >= 4 is 33.3 Å². The van der Waals surface area contributed by atoms with Crippen molar-refractivity contribution in [3.63, 3.8) is 0 Å². The van der Waals surface area contributed by atoms with Crippen LogP contribution >= 0.6 is 11.3 Å². The smallest absolute Gasteiger partial charge is 0.317 e. The number of anilines is 2. The summed E-state index contributed by atoms with van der Waals surface area (Å²) in [6, 6.07) is 8.45. The van der Waals surface area contributed by atoms with Gasteiger partial charge in [0.1, 0.15) is 5.69 Å². The summed E-state index contributed by atoms with van der Waals surface area (Å²) in [6.07, 6.45) is 1.00. The molecule has 2 amide bonds. The van der Waals surface area contributed by atoms with E-state index in [1.54, 1.807) is 11.3 Å². The minimum absolute atomic E-state index is 0.0358. The topological polar surface area (TPSA) is 77.8 Å². The Kier molecular flexibility index (Phi) is 7.02. The zero-order chi connectivity index (χ0) is 24.5. The highest BCUT2D eigenvalue weighted by Crippen LogP contribution is 2.35. The first-order chi connectivity index (χ1) is 16.1. The van der Waals surface area contributed by atoms with Crippen LogP contribution in [0.15, 0.2) is 24.3 Å². The van der Waals surface area contributed by atoms with Crippen LogP contribution in [0, 0.1) is 12.8 Å². The Morgan fingerprint density at radius 2 is 1.91 bits per heavy atom. The van der Waals surface area contributed by atoms with E-state index in [0.717, 1.165) is 53.2 Å². The van der Waals surface area contributed by atoms with E-state index in [1.807, 2.05) is 9.42 Å². The summed E-state index contributed by atoms with van der Waals surface area (Å²) in [7, 11) is 0. The van der Waals surface area contributed by atoms with Gasteiger partial charge in [-0.05, 0) is 46.1 Å². The first kappa shape index (κ1) is 24.3. The van der Waals surface area contributed by atoms with Gasteiger partial charge in [-0.1, -0.05) is 48.9 Å². The lowest BCUT2D eigenvalue weighted by molar-refractivity contribution is 0.194. The highest BCUT2D eigenvalue weighted by atomic mass is 32.1. The third-order valence-corrected chi connectivity index (χ3v) is 6.78. The molecule has 1 aliphatic heterocycles. The molecule has 184 valence electrons. The van der Waals surface area contributed by atoms with Gasteiger partial charge in [0.2, 0.25) is 10.1 Å². The summed E-state index contributed by atoms with van der Waals surface area (Å²) >= 11 is 1.60. The van der Waals surface area contributed by atoms with Crippen LogP contribution in [-0.2, 0) is 0 Å². The zero-order valence-corrected chi connectivity index (χ0v) is 22.0. The number of nitrogens with one attached hydrogen (secondary N) is 2. The monoisotopic (exact) mass is 483 g/mol. The Balaban J connectivity index is 1.51. The van der Waals surface area contributed by atoms with Crippen molar-refractivity contribution in [3.05, 3.63) is 29.8 Å². The van der Waals surface area contributed by atoms with Crippen LogP contribution in [0.2, 0.25) is 0 Å². The zero-order valence-electron chi connectivity index (χ0n) is 21.2. The van der Waals surface area contributed by atoms with Gasteiger partial charge in [-0.25, -0.2) is 9.78 Å². The molecule has 3 heterocycles. The number of aryl methyl sites for hydroxylation is 1. The molecule has 0 radical (unpaired) electrons. The van der Waals surface area contributed by atoms with Crippen molar-refractivity contribution in [1.29, 1.82) is 0 Å². The second kappa shape index (κ2) is 9.82. The third-order valence-electron chi connectivity index (χ3n) is 5.81. The summed E-state index contributed by atoms with van der Waals surface area (Å²) in [5.41, 5.74) is 3.08. The van der Waals surface area contributed by atoms with Crippen LogP contribution in [0.5, 0.6) is 0 Å². The average molecular weight is 484 g/mol. The number of rotatable bonds is 6. The highest BCUT2D eigenvalue weighted by molar-refractivity contribution is 7.20. The van der Waals surface area contributed by atoms with Gasteiger partial charge in [-0.2, -0.15) is 4.52 Å². The van der Waals surface area contributed by atoms with Crippen molar-refractivity contribution in [2.45, 2.75) is 53.5 Å². The number of imidazole rings is 1. The Labute approximate surface area is 206 Å². The normalized spacial score (nSPS) is 14.8. The predicted octanol–water partition coefficient (Wildman–Crippen LogP) is 4.85. The number of fused-ring (bicyclic) bond motifs is 1. The van der Waals surface area contributed by atoms with E-state index >= 15 is 0 Å². The average Bonchev–Trinajstić information content (AvgIpc) is 3.32. The maximum atomic E-state index is 12.5. The van der Waals surface area contributed by atoms with Gasteiger partial charge in [0.15, 0.2) is 5.82 Å². The molecule has 0 unspecified atom stereocenters. The first-order valence-corrected chi connectivity index (χ1v) is 12.9. The summed E-state index contributed by atoms with van der Waals surface area (Å²) in [4.78, 5) is 22.4. The second-order valence-corrected chi connectivity index (χ2v) is 11.5. The summed E-state index contributed by atoms with van der Waals surface area (Å²) in [6.45, 7) is 16.5. The maximum absolute atomic E-state index is 12.5. The van der Waals surface area contributed by atoms with Crippen LogP contribution in [-0.4, -0.2) is 63.8 Å². The summed E-state index contributed by atoms with van der Waals surface area (Å²) < 4.78 is 1.94. The minimum Gasteiger partial charge on any atom is -0.364 e. The number of nitrogens with zero attached hydrogens (tertiary/aromatic N) is 5. The Hall–Kier alpha value is -2.81. The molecule has 0 spiro atoms. The SMILES string of the molecule is Cc1cccc(-c2nc3sc(N4CCN(C(=O)NCCC(C)C)CC4)nn3c2NC(C)(C)C)c1. The van der Waals surface area contributed by atoms with Crippen molar-refractivity contribution < 1.29 is 4.79 Å². The van der Waals surface area contributed by atoms with Gasteiger partial charge in [0.25, 0.3) is 0 Å². The largest absolute Gasteiger partial charge is 0.364 e. The lowest BCUT2D eigenvalue weighted by Crippen LogP contribution is -2.52. The number of hydrogen-bond donors (Lipinski definition) is 2. The van der Waals surface area contributed by atoms with Crippen LogP contribution in [0.3, 0.4) is 0 Å². The standard InChI is InChI=1S/C25H37N7OS/c1-17(2)10-11-26-22(33)30-12-14-31(15-13-30)24-29-32-21(28-25(4,5)6)20(27-23(32)34-24)19-9-7-8-18(3)16-19/h7-9,16-17,28H,10-15H2,1-6H3,(H,26,33). The third kappa shape index (κ3) is 5.63. The number of urea groups is 1. The lowest BCUT2D eigenvalue weighted by atomic mass is 10.1. The quantitative estimate of drug-likeness (QED) is 0.524. The number of aromatic nitrogens is 3. The van der Waals surface area contributed by atoms with Crippen molar-refractivity contribution in [1.82, 2.24) is 24.8 Å². The molecule has 0 atom stereocenters. The van der Waals surface area contributed by atoms with Gasteiger partial charge < -0.3 is 20.4 Å². The Bertz CT molecular complexity index is 1140. The van der Waals surface area contributed by atoms with Crippen LogP contribution in [0.4, 0.5) is 15.7 Å². The van der Waals surface area contributed by atoms with Crippen LogP contribution in [0.1, 0.15) is 46.6 Å². The summed E-state index contributed by atoms with van der Waals surface area (Å²) in [5, 5.41) is 12.5. The number of carbonyl (C=O) groups is 1. The van der Waals surface area contributed by atoms with E-state index in [9.17, 15) is 4.79 Å². The van der Waals surface area contributed by atoms with Gasteiger partial charge >= 0.3 is 6.03 Å². The molecule has 3 aromatic rings. The lowest BCUT2D eigenvalue weighted by Gasteiger charge is -2.34.